The molecule has 1 aromatic carbocycles. The molecule has 0 N–H and O–H groups in total. The topological polar surface area (TPSA) is 43.4 Å². The second kappa shape index (κ2) is 4.34. The van der Waals surface area contributed by atoms with Crippen molar-refractivity contribution in [3.05, 3.63) is 35.4 Å². The first-order valence-electron chi connectivity index (χ1n) is 8.38. The van der Waals surface area contributed by atoms with E-state index in [-0.39, 0.29) is 16.6 Å². The molecule has 0 spiro atoms. The zero-order valence-corrected chi connectivity index (χ0v) is 14.0. The maximum absolute atomic E-state index is 13.0. The van der Waals surface area contributed by atoms with Crippen LogP contribution in [0.5, 0.6) is 5.75 Å². The molecular formula is C20H22O3. The third kappa shape index (κ3) is 1.76. The molecule has 4 rings (SSSR count). The SMILES string of the molecule is C=C1C(=O)Oc2ccc3c(c21)C(=O)C[C@H]1C(C)(C)CCC[C@]31C. The fourth-order valence-electron chi connectivity index (χ4n) is 5.23. The first-order chi connectivity index (χ1) is 10.8. The van der Waals surface area contributed by atoms with Crippen LogP contribution in [0.4, 0.5) is 0 Å². The highest BCUT2D eigenvalue weighted by molar-refractivity contribution is 6.24. The number of ether oxygens (including phenoxy) is 1. The molecule has 1 aromatic rings. The average molecular weight is 310 g/mol. The highest BCUT2D eigenvalue weighted by Gasteiger charge is 2.53. The van der Waals surface area contributed by atoms with Crippen molar-refractivity contribution in [1.29, 1.82) is 0 Å². The van der Waals surface area contributed by atoms with E-state index in [4.69, 9.17) is 4.74 Å². The summed E-state index contributed by atoms with van der Waals surface area (Å²) in [6, 6.07) is 3.85. The Morgan fingerprint density at radius 3 is 2.61 bits per heavy atom. The summed E-state index contributed by atoms with van der Waals surface area (Å²) in [5.74, 6) is 0.531. The smallest absolute Gasteiger partial charge is 0.343 e. The number of carbonyl (C=O) groups excluding carboxylic acids is 2. The molecule has 120 valence electrons. The Kier molecular flexibility index (Phi) is 2.77. The average Bonchev–Trinajstić information content (AvgIpc) is 2.76. The molecule has 3 aliphatic rings. The molecule has 1 saturated carbocycles. The number of hydrogen-bond donors (Lipinski definition) is 0. The molecule has 1 fully saturated rings. The van der Waals surface area contributed by atoms with E-state index in [0.717, 1.165) is 18.4 Å². The summed E-state index contributed by atoms with van der Waals surface area (Å²) < 4.78 is 5.25. The third-order valence-electron chi connectivity index (χ3n) is 6.43. The van der Waals surface area contributed by atoms with Gasteiger partial charge in [-0.2, -0.15) is 0 Å². The van der Waals surface area contributed by atoms with Gasteiger partial charge in [0.15, 0.2) is 5.78 Å². The fraction of sp³-hybridized carbons (Fsp3) is 0.500. The van der Waals surface area contributed by atoms with Crippen LogP contribution in [0.15, 0.2) is 18.7 Å². The lowest BCUT2D eigenvalue weighted by atomic mass is 9.50. The van der Waals surface area contributed by atoms with E-state index in [1.807, 2.05) is 12.1 Å². The van der Waals surface area contributed by atoms with Crippen LogP contribution in [-0.2, 0) is 10.2 Å². The molecule has 0 aromatic heterocycles. The third-order valence-corrected chi connectivity index (χ3v) is 6.43. The lowest BCUT2D eigenvalue weighted by molar-refractivity contribution is -0.126. The molecule has 0 bridgehead atoms. The van der Waals surface area contributed by atoms with Crippen LogP contribution < -0.4 is 4.74 Å². The predicted octanol–water partition coefficient (Wildman–Crippen LogP) is 4.29. The minimum Gasteiger partial charge on any atom is -0.422 e. The Hall–Kier alpha value is -1.90. The second-order valence-corrected chi connectivity index (χ2v) is 8.17. The summed E-state index contributed by atoms with van der Waals surface area (Å²) in [4.78, 5) is 24.8. The Balaban J connectivity index is 1.97. The van der Waals surface area contributed by atoms with Gasteiger partial charge in [-0.1, -0.05) is 39.8 Å². The highest BCUT2D eigenvalue weighted by Crippen LogP contribution is 2.58. The van der Waals surface area contributed by atoms with Crippen molar-refractivity contribution >= 4 is 17.3 Å². The van der Waals surface area contributed by atoms with Crippen LogP contribution in [0.3, 0.4) is 0 Å². The number of fused-ring (bicyclic) bond motifs is 5. The molecule has 0 radical (unpaired) electrons. The Labute approximate surface area is 136 Å². The summed E-state index contributed by atoms with van der Waals surface area (Å²) in [6.07, 6.45) is 3.96. The number of carbonyl (C=O) groups is 2. The molecule has 2 atom stereocenters. The zero-order valence-electron chi connectivity index (χ0n) is 14.0. The largest absolute Gasteiger partial charge is 0.422 e. The predicted molar refractivity (Wildman–Crippen MR) is 88.5 cm³/mol. The summed E-state index contributed by atoms with van der Waals surface area (Å²) in [7, 11) is 0. The molecule has 2 aliphatic carbocycles. The number of rotatable bonds is 0. The van der Waals surface area contributed by atoms with Gasteiger partial charge in [0.25, 0.3) is 0 Å². The van der Waals surface area contributed by atoms with Gasteiger partial charge in [-0.05, 0) is 41.2 Å². The van der Waals surface area contributed by atoms with E-state index in [1.54, 1.807) is 0 Å². The summed E-state index contributed by atoms with van der Waals surface area (Å²) in [6.45, 7) is 10.7. The normalized spacial score (nSPS) is 31.3. The van der Waals surface area contributed by atoms with Gasteiger partial charge >= 0.3 is 5.97 Å². The first kappa shape index (κ1) is 14.7. The summed E-state index contributed by atoms with van der Waals surface area (Å²) in [5.41, 5.74) is 2.87. The Morgan fingerprint density at radius 1 is 1.13 bits per heavy atom. The van der Waals surface area contributed by atoms with Crippen molar-refractivity contribution in [3.8, 4) is 5.75 Å². The number of esters is 1. The molecule has 3 nitrogen and oxygen atoms in total. The molecule has 0 amide bonds. The van der Waals surface area contributed by atoms with E-state index in [2.05, 4.69) is 27.4 Å². The van der Waals surface area contributed by atoms with Gasteiger partial charge in [0, 0.05) is 17.5 Å². The monoisotopic (exact) mass is 310 g/mol. The summed E-state index contributed by atoms with van der Waals surface area (Å²) in [5, 5.41) is 0. The lowest BCUT2D eigenvalue weighted by Crippen LogP contribution is -2.49. The van der Waals surface area contributed by atoms with Gasteiger partial charge in [0.05, 0.1) is 5.57 Å². The maximum atomic E-state index is 13.0. The van der Waals surface area contributed by atoms with Crippen LogP contribution >= 0.6 is 0 Å². The second-order valence-electron chi connectivity index (χ2n) is 8.17. The van der Waals surface area contributed by atoms with Crippen LogP contribution in [-0.4, -0.2) is 11.8 Å². The molecular weight excluding hydrogens is 288 g/mol. The molecule has 1 aliphatic heterocycles. The van der Waals surface area contributed by atoms with Gasteiger partial charge in [0.1, 0.15) is 5.75 Å². The van der Waals surface area contributed by atoms with E-state index in [1.165, 1.54) is 6.42 Å². The van der Waals surface area contributed by atoms with Crippen LogP contribution in [0, 0.1) is 11.3 Å². The van der Waals surface area contributed by atoms with Gasteiger partial charge < -0.3 is 4.74 Å². The van der Waals surface area contributed by atoms with Crippen molar-refractivity contribution in [2.45, 2.75) is 51.9 Å². The van der Waals surface area contributed by atoms with E-state index in [0.29, 0.717) is 34.8 Å². The maximum Gasteiger partial charge on any atom is 0.343 e. The Bertz CT molecular complexity index is 771. The van der Waals surface area contributed by atoms with Crippen molar-refractivity contribution in [2.75, 3.05) is 0 Å². The van der Waals surface area contributed by atoms with Gasteiger partial charge in [-0.3, -0.25) is 4.79 Å². The number of hydrogen-bond acceptors (Lipinski definition) is 3. The van der Waals surface area contributed by atoms with E-state index >= 15 is 0 Å². The minimum absolute atomic E-state index is 0.0219. The van der Waals surface area contributed by atoms with Gasteiger partial charge in [0.2, 0.25) is 0 Å². The van der Waals surface area contributed by atoms with E-state index < -0.39 is 5.97 Å². The van der Waals surface area contributed by atoms with Crippen molar-refractivity contribution in [2.24, 2.45) is 11.3 Å². The molecule has 0 unspecified atom stereocenters. The van der Waals surface area contributed by atoms with Crippen LogP contribution in [0.2, 0.25) is 0 Å². The Morgan fingerprint density at radius 2 is 1.87 bits per heavy atom. The quantitative estimate of drug-likeness (QED) is 0.408. The van der Waals surface area contributed by atoms with Crippen molar-refractivity contribution in [1.82, 2.24) is 0 Å². The van der Waals surface area contributed by atoms with Crippen LogP contribution in [0.1, 0.15) is 67.9 Å². The molecule has 3 heteroatoms. The molecule has 23 heavy (non-hydrogen) atoms. The standard InChI is InChI=1S/C20H22O3/c1-11-16-14(23-18(11)22)7-6-12-17(16)13(21)10-15-19(2,3)8-5-9-20(12,15)4/h6-7,15H,1,5,8-10H2,2-4H3/t15-,20+/m0/s1. The molecule has 0 saturated heterocycles. The van der Waals surface area contributed by atoms with Crippen molar-refractivity contribution < 1.29 is 14.3 Å². The fourth-order valence-corrected chi connectivity index (χ4v) is 5.23. The van der Waals surface area contributed by atoms with Gasteiger partial charge in [-0.15, -0.1) is 0 Å². The highest BCUT2D eigenvalue weighted by atomic mass is 16.5. The minimum atomic E-state index is -0.433. The zero-order chi connectivity index (χ0) is 16.6. The lowest BCUT2D eigenvalue weighted by Gasteiger charge is -2.54. The summed E-state index contributed by atoms with van der Waals surface area (Å²) >= 11 is 0. The van der Waals surface area contributed by atoms with E-state index in [9.17, 15) is 9.59 Å². The number of ketones is 1. The van der Waals surface area contributed by atoms with Gasteiger partial charge in [-0.25, -0.2) is 4.79 Å². The number of Topliss-reactive ketones (excluding diaryl/α,β-unsaturated/α-hetero) is 1. The number of benzene rings is 1. The first-order valence-corrected chi connectivity index (χ1v) is 8.38. The van der Waals surface area contributed by atoms with Crippen LogP contribution in [0.25, 0.3) is 5.57 Å². The molecule has 1 heterocycles. The van der Waals surface area contributed by atoms with Crippen molar-refractivity contribution in [3.63, 3.8) is 0 Å².